The minimum Gasteiger partial charge on any atom is -0.355 e. The summed E-state index contributed by atoms with van der Waals surface area (Å²) in [5.41, 5.74) is 2.57. The van der Waals surface area contributed by atoms with Crippen LogP contribution in [0.5, 0.6) is 0 Å². The van der Waals surface area contributed by atoms with Crippen LogP contribution in [-0.2, 0) is 4.79 Å². The van der Waals surface area contributed by atoms with Crippen LogP contribution in [0.25, 0.3) is 11.2 Å². The van der Waals surface area contributed by atoms with E-state index in [1.54, 1.807) is 12.7 Å². The third kappa shape index (κ3) is 2.42. The molecule has 1 aromatic carbocycles. The standard InChI is InChI=1S/C19H20N6O/c26-18-14(13-4-2-1-3-5-13)10-19(24-18)6-8-25(9-7-19)17-15-16(21-11-20-15)22-12-23-17/h1-5,11-12,14H,6-10H2,(H,24,26)(H,20,21,22,23). The van der Waals surface area contributed by atoms with E-state index in [1.807, 2.05) is 30.3 Å². The van der Waals surface area contributed by atoms with Crippen molar-refractivity contribution in [2.45, 2.75) is 30.7 Å². The van der Waals surface area contributed by atoms with Crippen LogP contribution in [-0.4, -0.2) is 44.5 Å². The number of rotatable bonds is 2. The molecule has 26 heavy (non-hydrogen) atoms. The summed E-state index contributed by atoms with van der Waals surface area (Å²) in [6.07, 6.45) is 5.91. The molecule has 0 bridgehead atoms. The monoisotopic (exact) mass is 348 g/mol. The molecule has 1 amide bonds. The lowest BCUT2D eigenvalue weighted by Crippen LogP contribution is -2.51. The number of hydrogen-bond donors (Lipinski definition) is 2. The summed E-state index contributed by atoms with van der Waals surface area (Å²) >= 11 is 0. The van der Waals surface area contributed by atoms with E-state index in [4.69, 9.17) is 0 Å². The van der Waals surface area contributed by atoms with E-state index in [0.29, 0.717) is 5.65 Å². The fraction of sp³-hybridized carbons (Fsp3) is 0.368. The molecule has 132 valence electrons. The summed E-state index contributed by atoms with van der Waals surface area (Å²) in [4.78, 5) is 30.8. The van der Waals surface area contributed by atoms with Crippen molar-refractivity contribution in [1.29, 1.82) is 0 Å². The van der Waals surface area contributed by atoms with Crippen molar-refractivity contribution in [2.75, 3.05) is 18.0 Å². The fourth-order valence-electron chi connectivity index (χ4n) is 4.31. The number of aromatic nitrogens is 4. The summed E-state index contributed by atoms with van der Waals surface area (Å²) in [6.45, 7) is 1.71. The molecule has 0 saturated carbocycles. The molecule has 0 aliphatic carbocycles. The topological polar surface area (TPSA) is 86.8 Å². The van der Waals surface area contributed by atoms with Gasteiger partial charge in [0.25, 0.3) is 0 Å². The number of H-pyrrole nitrogens is 1. The molecule has 2 N–H and O–H groups in total. The molecule has 4 heterocycles. The summed E-state index contributed by atoms with van der Waals surface area (Å²) in [5, 5.41) is 3.30. The van der Waals surface area contributed by atoms with Gasteiger partial charge in [-0.2, -0.15) is 0 Å². The minimum atomic E-state index is -0.103. The lowest BCUT2D eigenvalue weighted by molar-refractivity contribution is -0.121. The maximum absolute atomic E-state index is 12.6. The van der Waals surface area contributed by atoms with Crippen molar-refractivity contribution in [1.82, 2.24) is 25.3 Å². The van der Waals surface area contributed by atoms with Gasteiger partial charge in [-0.15, -0.1) is 0 Å². The Hall–Kier alpha value is -2.96. The SMILES string of the molecule is O=C1NC2(CCN(c3ncnc4nc[nH]c34)CC2)CC1c1ccccc1. The van der Waals surface area contributed by atoms with Gasteiger partial charge in [0.1, 0.15) is 11.8 Å². The van der Waals surface area contributed by atoms with Crippen LogP contribution in [0.4, 0.5) is 5.82 Å². The third-order valence-electron chi connectivity index (χ3n) is 5.72. The molecule has 3 aromatic rings. The average molecular weight is 348 g/mol. The highest BCUT2D eigenvalue weighted by Gasteiger charge is 2.46. The highest BCUT2D eigenvalue weighted by Crippen LogP contribution is 2.40. The number of nitrogens with zero attached hydrogens (tertiary/aromatic N) is 4. The zero-order chi connectivity index (χ0) is 17.6. The predicted octanol–water partition coefficient (Wildman–Crippen LogP) is 2.00. The quantitative estimate of drug-likeness (QED) is 0.740. The number of carbonyl (C=O) groups excluding carboxylic acids is 1. The smallest absolute Gasteiger partial charge is 0.228 e. The number of carbonyl (C=O) groups is 1. The summed E-state index contributed by atoms with van der Waals surface area (Å²) in [5.74, 6) is 1.01. The number of aromatic amines is 1. The molecule has 7 heteroatoms. The number of anilines is 1. The second-order valence-corrected chi connectivity index (χ2v) is 7.22. The van der Waals surface area contributed by atoms with E-state index in [1.165, 1.54) is 0 Å². The van der Waals surface area contributed by atoms with Gasteiger partial charge in [0, 0.05) is 18.6 Å². The van der Waals surface area contributed by atoms with Gasteiger partial charge in [-0.3, -0.25) is 4.79 Å². The predicted molar refractivity (Wildman–Crippen MR) is 97.8 cm³/mol. The number of piperidine rings is 1. The second-order valence-electron chi connectivity index (χ2n) is 7.22. The number of imidazole rings is 1. The van der Waals surface area contributed by atoms with E-state index >= 15 is 0 Å². The molecule has 1 spiro atoms. The van der Waals surface area contributed by atoms with Crippen LogP contribution in [0.15, 0.2) is 43.0 Å². The van der Waals surface area contributed by atoms with Crippen LogP contribution < -0.4 is 10.2 Å². The first-order valence-corrected chi connectivity index (χ1v) is 9.00. The molecule has 7 nitrogen and oxygen atoms in total. The molecular formula is C19H20N6O. The van der Waals surface area contributed by atoms with Crippen LogP contribution >= 0.6 is 0 Å². The van der Waals surface area contributed by atoms with Gasteiger partial charge in [0.2, 0.25) is 5.91 Å². The highest BCUT2D eigenvalue weighted by atomic mass is 16.2. The molecule has 5 rings (SSSR count). The van der Waals surface area contributed by atoms with Gasteiger partial charge in [-0.05, 0) is 24.8 Å². The van der Waals surface area contributed by atoms with Crippen molar-refractivity contribution in [3.05, 3.63) is 48.5 Å². The van der Waals surface area contributed by atoms with E-state index < -0.39 is 0 Å². The maximum atomic E-state index is 12.6. The molecule has 1 atom stereocenters. The number of nitrogens with one attached hydrogen (secondary N) is 2. The molecule has 1 unspecified atom stereocenters. The number of amides is 1. The summed E-state index contributed by atoms with van der Waals surface area (Å²) in [7, 11) is 0. The zero-order valence-corrected chi connectivity index (χ0v) is 14.4. The molecular weight excluding hydrogens is 328 g/mol. The summed E-state index contributed by atoms with van der Waals surface area (Å²) < 4.78 is 0. The van der Waals surface area contributed by atoms with Gasteiger partial charge >= 0.3 is 0 Å². The van der Waals surface area contributed by atoms with Gasteiger partial charge in [0.05, 0.1) is 12.2 Å². The van der Waals surface area contributed by atoms with Crippen molar-refractivity contribution in [2.24, 2.45) is 0 Å². The summed E-state index contributed by atoms with van der Waals surface area (Å²) in [6, 6.07) is 10.1. The fourth-order valence-corrected chi connectivity index (χ4v) is 4.31. The lowest BCUT2D eigenvalue weighted by Gasteiger charge is -2.39. The van der Waals surface area contributed by atoms with Gasteiger partial charge in [-0.25, -0.2) is 15.0 Å². The number of benzene rings is 1. The molecule has 2 fully saturated rings. The van der Waals surface area contributed by atoms with Gasteiger partial charge in [0.15, 0.2) is 11.5 Å². The first-order chi connectivity index (χ1) is 12.7. The Morgan fingerprint density at radius 2 is 1.88 bits per heavy atom. The van der Waals surface area contributed by atoms with E-state index in [0.717, 1.165) is 49.2 Å². The molecule has 0 radical (unpaired) electrons. The first-order valence-electron chi connectivity index (χ1n) is 9.00. The average Bonchev–Trinajstić information content (AvgIpc) is 3.28. The Bertz CT molecular complexity index is 945. The Morgan fingerprint density at radius 3 is 2.69 bits per heavy atom. The van der Waals surface area contributed by atoms with E-state index in [-0.39, 0.29) is 17.4 Å². The largest absolute Gasteiger partial charge is 0.355 e. The minimum absolute atomic E-state index is 0.0406. The Labute approximate surface area is 150 Å². The van der Waals surface area contributed by atoms with Crippen LogP contribution in [0.1, 0.15) is 30.7 Å². The molecule has 2 aromatic heterocycles. The van der Waals surface area contributed by atoms with Crippen LogP contribution in [0.3, 0.4) is 0 Å². The van der Waals surface area contributed by atoms with Gasteiger partial charge < -0.3 is 15.2 Å². The zero-order valence-electron chi connectivity index (χ0n) is 14.4. The second kappa shape index (κ2) is 5.79. The maximum Gasteiger partial charge on any atom is 0.228 e. The van der Waals surface area contributed by atoms with Crippen molar-refractivity contribution in [3.8, 4) is 0 Å². The first kappa shape index (κ1) is 15.3. The highest BCUT2D eigenvalue weighted by molar-refractivity contribution is 5.87. The Morgan fingerprint density at radius 1 is 1.08 bits per heavy atom. The normalized spacial score (nSPS) is 22.1. The van der Waals surface area contributed by atoms with E-state index in [9.17, 15) is 4.79 Å². The van der Waals surface area contributed by atoms with E-state index in [2.05, 4.69) is 30.2 Å². The van der Waals surface area contributed by atoms with Crippen molar-refractivity contribution < 1.29 is 4.79 Å². The van der Waals surface area contributed by atoms with Crippen molar-refractivity contribution >= 4 is 22.9 Å². The van der Waals surface area contributed by atoms with Crippen LogP contribution in [0, 0.1) is 0 Å². The van der Waals surface area contributed by atoms with Crippen molar-refractivity contribution in [3.63, 3.8) is 0 Å². The molecule has 2 saturated heterocycles. The molecule has 2 aliphatic rings. The number of hydrogen-bond acceptors (Lipinski definition) is 5. The lowest BCUT2D eigenvalue weighted by atomic mass is 9.82. The third-order valence-corrected chi connectivity index (χ3v) is 5.72. The van der Waals surface area contributed by atoms with Crippen LogP contribution in [0.2, 0.25) is 0 Å². The van der Waals surface area contributed by atoms with Gasteiger partial charge in [-0.1, -0.05) is 30.3 Å². The Kier molecular flexibility index (Phi) is 3.41. The Balaban J connectivity index is 1.34. The number of fused-ring (bicyclic) bond motifs is 1. The molecule has 2 aliphatic heterocycles.